The number of hydrogen-bond acceptors (Lipinski definition) is 3. The zero-order valence-electron chi connectivity index (χ0n) is 15.1. The van der Waals surface area contributed by atoms with E-state index in [9.17, 15) is 26.7 Å². The van der Waals surface area contributed by atoms with Crippen molar-refractivity contribution < 1.29 is 36.6 Å². The quantitative estimate of drug-likeness (QED) is 0.598. The lowest BCUT2D eigenvalue weighted by atomic mass is 9.90. The highest BCUT2D eigenvalue weighted by Crippen LogP contribution is 2.38. The molecule has 0 aliphatic carbocycles. The third kappa shape index (κ3) is 6.14. The summed E-state index contributed by atoms with van der Waals surface area (Å²) in [6.45, 7) is 0.643. The molecule has 0 unspecified atom stereocenters. The van der Waals surface area contributed by atoms with Crippen LogP contribution in [0.2, 0.25) is 5.02 Å². The molecule has 1 aliphatic rings. The van der Waals surface area contributed by atoms with E-state index < -0.39 is 24.0 Å². The van der Waals surface area contributed by atoms with Crippen LogP contribution in [-0.2, 0) is 10.7 Å². The first-order valence-electron chi connectivity index (χ1n) is 8.47. The second kappa shape index (κ2) is 9.40. The molecule has 0 spiro atoms. The van der Waals surface area contributed by atoms with E-state index in [-0.39, 0.29) is 11.5 Å². The molecule has 1 aliphatic heterocycles. The molecule has 1 amide bonds. The number of halogens is 6. The first kappa shape index (κ1) is 23.6. The Hall–Kier alpha value is -2.72. The van der Waals surface area contributed by atoms with Crippen molar-refractivity contribution in [3.63, 3.8) is 0 Å². The summed E-state index contributed by atoms with van der Waals surface area (Å²) < 4.78 is 60.1. The molecule has 3 N–H and O–H groups in total. The highest BCUT2D eigenvalue weighted by atomic mass is 35.5. The average molecular weight is 451 g/mol. The molecule has 5 nitrogen and oxygen atoms in total. The van der Waals surface area contributed by atoms with Gasteiger partial charge in [-0.2, -0.15) is 13.2 Å². The standard InChI is InChI=1S/C17H15ClF2N2O.C2HF3O2/c18-14-5-1-11(2-6-14)16(23)22-15-7-3-12(4-8-15)17(19,20)13-9-21-10-13;3-2(4,5)1(6)7/h1-8,13,21H,9-10H2,(H,22,23);(H,6,7). The number of anilines is 1. The molecule has 30 heavy (non-hydrogen) atoms. The smallest absolute Gasteiger partial charge is 0.475 e. The molecule has 0 aromatic heterocycles. The Balaban J connectivity index is 0.000000396. The predicted octanol–water partition coefficient (Wildman–Crippen LogP) is 4.54. The number of aliphatic carboxylic acids is 1. The number of alkyl halides is 5. The molecule has 1 fully saturated rings. The topological polar surface area (TPSA) is 78.4 Å². The second-order valence-electron chi connectivity index (χ2n) is 6.32. The lowest BCUT2D eigenvalue weighted by molar-refractivity contribution is -0.192. The number of carbonyl (C=O) groups is 2. The van der Waals surface area contributed by atoms with Crippen LogP contribution in [0.25, 0.3) is 0 Å². The van der Waals surface area contributed by atoms with Gasteiger partial charge in [-0.05, 0) is 36.4 Å². The highest BCUT2D eigenvalue weighted by Gasteiger charge is 2.44. The summed E-state index contributed by atoms with van der Waals surface area (Å²) in [7, 11) is 0. The molecule has 3 rings (SSSR count). The average Bonchev–Trinajstić information content (AvgIpc) is 2.60. The maximum Gasteiger partial charge on any atom is 0.490 e. The van der Waals surface area contributed by atoms with Gasteiger partial charge in [0.15, 0.2) is 0 Å². The second-order valence-corrected chi connectivity index (χ2v) is 6.76. The van der Waals surface area contributed by atoms with Crippen LogP contribution in [-0.4, -0.2) is 36.2 Å². The summed E-state index contributed by atoms with van der Waals surface area (Å²) in [6, 6.07) is 12.1. The summed E-state index contributed by atoms with van der Waals surface area (Å²) in [4.78, 5) is 21.0. The first-order valence-corrected chi connectivity index (χ1v) is 8.85. The minimum absolute atomic E-state index is 0.0338. The van der Waals surface area contributed by atoms with Gasteiger partial charge in [-0.1, -0.05) is 23.7 Å². The van der Waals surface area contributed by atoms with Gasteiger partial charge in [-0.25, -0.2) is 13.6 Å². The van der Waals surface area contributed by atoms with E-state index in [0.717, 1.165) is 0 Å². The summed E-state index contributed by atoms with van der Waals surface area (Å²) in [6.07, 6.45) is -5.08. The summed E-state index contributed by atoms with van der Waals surface area (Å²) >= 11 is 5.77. The number of carboxylic acid groups (broad SMARTS) is 1. The fourth-order valence-electron chi connectivity index (χ4n) is 2.36. The lowest BCUT2D eigenvalue weighted by Gasteiger charge is -2.34. The molecule has 1 saturated heterocycles. The molecule has 11 heteroatoms. The monoisotopic (exact) mass is 450 g/mol. The summed E-state index contributed by atoms with van der Waals surface area (Å²) in [5.41, 5.74) is 0.883. The number of carboxylic acids is 1. The van der Waals surface area contributed by atoms with Crippen molar-refractivity contribution in [2.45, 2.75) is 12.1 Å². The maximum atomic E-state index is 14.2. The normalized spacial score (nSPS) is 14.2. The molecule has 0 atom stereocenters. The lowest BCUT2D eigenvalue weighted by Crippen LogP contribution is -2.50. The van der Waals surface area contributed by atoms with Crippen molar-refractivity contribution in [3.8, 4) is 0 Å². The molecule has 0 bridgehead atoms. The van der Waals surface area contributed by atoms with Gasteiger partial charge < -0.3 is 15.7 Å². The van der Waals surface area contributed by atoms with Gasteiger partial charge >= 0.3 is 12.1 Å². The number of benzene rings is 2. The highest BCUT2D eigenvalue weighted by molar-refractivity contribution is 6.30. The zero-order valence-corrected chi connectivity index (χ0v) is 15.9. The van der Waals surface area contributed by atoms with Crippen LogP contribution in [0.4, 0.5) is 27.6 Å². The number of amides is 1. The molecule has 0 radical (unpaired) electrons. The van der Waals surface area contributed by atoms with Gasteiger partial charge in [0.25, 0.3) is 11.8 Å². The Labute approximate surface area is 172 Å². The number of carbonyl (C=O) groups excluding carboxylic acids is 1. The molecule has 2 aromatic carbocycles. The van der Waals surface area contributed by atoms with Crippen molar-refractivity contribution in [2.24, 2.45) is 5.92 Å². The van der Waals surface area contributed by atoms with Gasteiger partial charge in [0, 0.05) is 34.9 Å². The Morgan fingerprint density at radius 1 is 0.967 bits per heavy atom. The predicted molar refractivity (Wildman–Crippen MR) is 99.8 cm³/mol. The molecule has 1 heterocycles. The van der Waals surface area contributed by atoms with Crippen molar-refractivity contribution in [1.82, 2.24) is 5.32 Å². The molecule has 162 valence electrons. The van der Waals surface area contributed by atoms with Crippen LogP contribution in [0.1, 0.15) is 15.9 Å². The van der Waals surface area contributed by atoms with E-state index in [4.69, 9.17) is 21.5 Å². The van der Waals surface area contributed by atoms with E-state index in [1.165, 1.54) is 24.3 Å². The SMILES string of the molecule is O=C(Nc1ccc(C(F)(F)C2CNC2)cc1)c1ccc(Cl)cc1.O=C(O)C(F)(F)F. The van der Waals surface area contributed by atoms with E-state index in [2.05, 4.69) is 10.6 Å². The Kier molecular flexibility index (Phi) is 7.38. The molecular weight excluding hydrogens is 435 g/mol. The van der Waals surface area contributed by atoms with Gasteiger partial charge in [0.05, 0.1) is 5.92 Å². The number of rotatable bonds is 4. The van der Waals surface area contributed by atoms with Crippen molar-refractivity contribution >= 4 is 29.2 Å². The largest absolute Gasteiger partial charge is 0.490 e. The summed E-state index contributed by atoms with van der Waals surface area (Å²) in [5.74, 6) is -6.60. The van der Waals surface area contributed by atoms with Crippen molar-refractivity contribution in [3.05, 3.63) is 64.7 Å². The molecule has 2 aromatic rings. The summed E-state index contributed by atoms with van der Waals surface area (Å²) in [5, 5.41) is 13.2. The van der Waals surface area contributed by atoms with E-state index >= 15 is 0 Å². The Bertz CT molecular complexity index is 883. The third-order valence-corrected chi connectivity index (χ3v) is 4.42. The molecular formula is C19H16ClF5N2O3. The minimum Gasteiger partial charge on any atom is -0.475 e. The zero-order chi connectivity index (χ0) is 22.5. The van der Waals surface area contributed by atoms with Gasteiger partial charge in [0.2, 0.25) is 0 Å². The van der Waals surface area contributed by atoms with Gasteiger partial charge in [-0.15, -0.1) is 0 Å². The Morgan fingerprint density at radius 2 is 1.47 bits per heavy atom. The van der Waals surface area contributed by atoms with Crippen LogP contribution in [0.15, 0.2) is 48.5 Å². The molecule has 0 saturated carbocycles. The van der Waals surface area contributed by atoms with E-state index in [1.54, 1.807) is 24.3 Å². The van der Waals surface area contributed by atoms with Crippen LogP contribution in [0.5, 0.6) is 0 Å². The van der Waals surface area contributed by atoms with Crippen LogP contribution in [0.3, 0.4) is 0 Å². The van der Waals surface area contributed by atoms with Gasteiger partial charge in [0.1, 0.15) is 0 Å². The Morgan fingerprint density at radius 3 is 1.87 bits per heavy atom. The first-order chi connectivity index (χ1) is 13.9. The maximum absolute atomic E-state index is 14.2. The minimum atomic E-state index is -5.08. The number of nitrogens with one attached hydrogen (secondary N) is 2. The fraction of sp³-hybridized carbons (Fsp3) is 0.263. The van der Waals surface area contributed by atoms with E-state index in [1.807, 2.05) is 0 Å². The van der Waals surface area contributed by atoms with Crippen molar-refractivity contribution in [1.29, 1.82) is 0 Å². The van der Waals surface area contributed by atoms with Crippen LogP contribution >= 0.6 is 11.6 Å². The van der Waals surface area contributed by atoms with E-state index in [0.29, 0.717) is 29.4 Å². The fourth-order valence-corrected chi connectivity index (χ4v) is 2.49. The third-order valence-electron chi connectivity index (χ3n) is 4.17. The van der Waals surface area contributed by atoms with Crippen LogP contribution < -0.4 is 10.6 Å². The number of hydrogen-bond donors (Lipinski definition) is 3. The van der Waals surface area contributed by atoms with Crippen LogP contribution in [0, 0.1) is 5.92 Å². The van der Waals surface area contributed by atoms with Gasteiger partial charge in [-0.3, -0.25) is 4.79 Å². The van der Waals surface area contributed by atoms with Crippen molar-refractivity contribution in [2.75, 3.05) is 18.4 Å².